The first kappa shape index (κ1) is 19.2. The van der Waals surface area contributed by atoms with Gasteiger partial charge in [0.05, 0.1) is 11.1 Å². The smallest absolute Gasteiger partial charge is 0.261 e. The van der Waals surface area contributed by atoms with Gasteiger partial charge in [-0.25, -0.2) is 0 Å². The van der Waals surface area contributed by atoms with E-state index in [0.29, 0.717) is 30.0 Å². The molecule has 0 atom stereocenters. The van der Waals surface area contributed by atoms with Crippen molar-refractivity contribution < 1.29 is 14.4 Å². The summed E-state index contributed by atoms with van der Waals surface area (Å²) < 4.78 is 0. The molecule has 28 heavy (non-hydrogen) atoms. The standard InChI is InChI=1S/C19H20N6O3/c1-3-10-23(11-4-2)17(26)13-25-21-16(20-22-25)9-12-24-18(27)14-7-5-6-8-15(14)19(24)28/h3-8H,1-2,9-13H2. The van der Waals surface area contributed by atoms with Crippen LogP contribution in [0.2, 0.25) is 0 Å². The summed E-state index contributed by atoms with van der Waals surface area (Å²) in [5.74, 6) is -0.493. The highest BCUT2D eigenvalue weighted by molar-refractivity contribution is 6.21. The molecule has 0 saturated carbocycles. The molecule has 3 rings (SSSR count). The first-order chi connectivity index (χ1) is 13.5. The summed E-state index contributed by atoms with van der Waals surface area (Å²) in [5, 5.41) is 11.9. The zero-order valence-corrected chi connectivity index (χ0v) is 15.3. The molecular formula is C19H20N6O3. The quantitative estimate of drug-likeness (QED) is 0.469. The van der Waals surface area contributed by atoms with E-state index in [0.717, 1.165) is 0 Å². The van der Waals surface area contributed by atoms with Crippen LogP contribution in [0.4, 0.5) is 0 Å². The Morgan fingerprint density at radius 2 is 1.68 bits per heavy atom. The van der Waals surface area contributed by atoms with Gasteiger partial charge in [-0.05, 0) is 17.3 Å². The Morgan fingerprint density at radius 1 is 1.07 bits per heavy atom. The molecule has 1 aromatic carbocycles. The number of fused-ring (bicyclic) bond motifs is 1. The fourth-order valence-electron chi connectivity index (χ4n) is 2.91. The molecule has 0 bridgehead atoms. The molecule has 1 aliphatic heterocycles. The Bertz CT molecular complexity index is 890. The van der Waals surface area contributed by atoms with E-state index in [2.05, 4.69) is 28.6 Å². The SMILES string of the molecule is C=CCN(CC=C)C(=O)Cn1nnc(CCN2C(=O)c3ccccc3C2=O)n1. The van der Waals surface area contributed by atoms with Gasteiger partial charge in [-0.2, -0.15) is 4.80 Å². The summed E-state index contributed by atoms with van der Waals surface area (Å²) in [6.45, 7) is 8.12. The number of imide groups is 1. The van der Waals surface area contributed by atoms with E-state index in [4.69, 9.17) is 0 Å². The van der Waals surface area contributed by atoms with Crippen molar-refractivity contribution in [3.05, 3.63) is 66.5 Å². The summed E-state index contributed by atoms with van der Waals surface area (Å²) in [4.78, 5) is 40.9. The number of rotatable bonds is 9. The monoisotopic (exact) mass is 380 g/mol. The number of nitrogens with zero attached hydrogens (tertiary/aromatic N) is 6. The van der Waals surface area contributed by atoms with E-state index in [-0.39, 0.29) is 37.2 Å². The Morgan fingerprint density at radius 3 is 2.25 bits per heavy atom. The minimum Gasteiger partial charge on any atom is -0.334 e. The average molecular weight is 380 g/mol. The van der Waals surface area contributed by atoms with Crippen molar-refractivity contribution in [2.45, 2.75) is 13.0 Å². The van der Waals surface area contributed by atoms with Gasteiger partial charge in [0.15, 0.2) is 5.82 Å². The topological polar surface area (TPSA) is 101 Å². The van der Waals surface area contributed by atoms with Gasteiger partial charge in [0.25, 0.3) is 11.8 Å². The molecule has 9 heteroatoms. The number of tetrazole rings is 1. The Balaban J connectivity index is 1.59. The van der Waals surface area contributed by atoms with Crippen LogP contribution in [-0.2, 0) is 17.8 Å². The average Bonchev–Trinajstić information content (AvgIpc) is 3.23. The maximum absolute atomic E-state index is 12.4. The van der Waals surface area contributed by atoms with Crippen molar-refractivity contribution >= 4 is 17.7 Å². The molecule has 1 aromatic heterocycles. The molecule has 0 radical (unpaired) electrons. The summed E-state index contributed by atoms with van der Waals surface area (Å²) in [6.07, 6.45) is 3.51. The van der Waals surface area contributed by atoms with Crippen LogP contribution in [0, 0.1) is 0 Å². The number of benzene rings is 1. The molecule has 2 aromatic rings. The highest BCUT2D eigenvalue weighted by Crippen LogP contribution is 2.22. The van der Waals surface area contributed by atoms with Crippen LogP contribution in [0.1, 0.15) is 26.5 Å². The molecular weight excluding hydrogens is 360 g/mol. The van der Waals surface area contributed by atoms with Gasteiger partial charge < -0.3 is 4.90 Å². The van der Waals surface area contributed by atoms with Crippen LogP contribution < -0.4 is 0 Å². The van der Waals surface area contributed by atoms with Gasteiger partial charge in [-0.3, -0.25) is 19.3 Å². The third kappa shape index (κ3) is 3.88. The van der Waals surface area contributed by atoms with E-state index in [1.165, 1.54) is 9.70 Å². The van der Waals surface area contributed by atoms with Crippen LogP contribution in [-0.4, -0.2) is 67.4 Å². The van der Waals surface area contributed by atoms with Gasteiger partial charge in [-0.15, -0.1) is 23.4 Å². The van der Waals surface area contributed by atoms with Gasteiger partial charge in [-0.1, -0.05) is 24.3 Å². The molecule has 1 aliphatic rings. The largest absolute Gasteiger partial charge is 0.334 e. The number of hydrogen-bond acceptors (Lipinski definition) is 6. The summed E-state index contributed by atoms with van der Waals surface area (Å²) in [5.41, 5.74) is 0.804. The first-order valence-electron chi connectivity index (χ1n) is 8.76. The van der Waals surface area contributed by atoms with Crippen molar-refractivity contribution in [2.24, 2.45) is 0 Å². The number of carbonyl (C=O) groups excluding carboxylic acids is 3. The van der Waals surface area contributed by atoms with Crippen LogP contribution in [0.5, 0.6) is 0 Å². The van der Waals surface area contributed by atoms with Crippen molar-refractivity contribution in [2.75, 3.05) is 19.6 Å². The van der Waals surface area contributed by atoms with Crippen molar-refractivity contribution in [1.82, 2.24) is 30.0 Å². The molecule has 144 valence electrons. The van der Waals surface area contributed by atoms with E-state index < -0.39 is 0 Å². The van der Waals surface area contributed by atoms with Crippen LogP contribution in [0.15, 0.2) is 49.6 Å². The highest BCUT2D eigenvalue weighted by atomic mass is 16.2. The van der Waals surface area contributed by atoms with Crippen molar-refractivity contribution in [3.8, 4) is 0 Å². The number of hydrogen-bond donors (Lipinski definition) is 0. The first-order valence-corrected chi connectivity index (χ1v) is 8.76. The second kappa shape index (κ2) is 8.38. The third-order valence-electron chi connectivity index (χ3n) is 4.26. The highest BCUT2D eigenvalue weighted by Gasteiger charge is 2.34. The maximum atomic E-state index is 12.4. The molecule has 0 aliphatic carbocycles. The summed E-state index contributed by atoms with van der Waals surface area (Å²) >= 11 is 0. The molecule has 0 N–H and O–H groups in total. The van der Waals surface area contributed by atoms with Gasteiger partial charge in [0.1, 0.15) is 6.54 Å². The van der Waals surface area contributed by atoms with Crippen LogP contribution in [0.3, 0.4) is 0 Å². The molecule has 0 spiro atoms. The molecule has 0 unspecified atom stereocenters. The second-order valence-electron chi connectivity index (χ2n) is 6.17. The minimum absolute atomic E-state index is 0.0678. The van der Waals surface area contributed by atoms with E-state index >= 15 is 0 Å². The molecule has 2 heterocycles. The van der Waals surface area contributed by atoms with Crippen molar-refractivity contribution in [1.29, 1.82) is 0 Å². The molecule has 9 nitrogen and oxygen atoms in total. The zero-order valence-electron chi connectivity index (χ0n) is 15.3. The Labute approximate surface area is 161 Å². The van der Waals surface area contributed by atoms with E-state index in [9.17, 15) is 14.4 Å². The number of amides is 3. The summed E-state index contributed by atoms with van der Waals surface area (Å²) in [7, 11) is 0. The molecule has 3 amide bonds. The minimum atomic E-state index is -0.326. The Hall–Kier alpha value is -3.62. The van der Waals surface area contributed by atoms with Gasteiger partial charge in [0.2, 0.25) is 5.91 Å². The molecule has 0 fully saturated rings. The van der Waals surface area contributed by atoms with Crippen molar-refractivity contribution in [3.63, 3.8) is 0 Å². The lowest BCUT2D eigenvalue weighted by atomic mass is 10.1. The van der Waals surface area contributed by atoms with Crippen LogP contribution >= 0.6 is 0 Å². The molecule has 0 saturated heterocycles. The summed E-state index contributed by atoms with van der Waals surface area (Å²) in [6, 6.07) is 6.71. The normalized spacial score (nSPS) is 12.8. The predicted molar refractivity (Wildman–Crippen MR) is 100 cm³/mol. The number of aromatic nitrogens is 4. The number of carbonyl (C=O) groups is 3. The predicted octanol–water partition coefficient (Wildman–Crippen LogP) is 0.712. The maximum Gasteiger partial charge on any atom is 0.261 e. The lowest BCUT2D eigenvalue weighted by Crippen LogP contribution is -2.34. The van der Waals surface area contributed by atoms with Crippen LogP contribution in [0.25, 0.3) is 0 Å². The van der Waals surface area contributed by atoms with E-state index in [1.807, 2.05) is 0 Å². The third-order valence-corrected chi connectivity index (χ3v) is 4.26. The lowest BCUT2D eigenvalue weighted by molar-refractivity contribution is -0.131. The zero-order chi connectivity index (χ0) is 20.1. The fourth-order valence-corrected chi connectivity index (χ4v) is 2.91. The van der Waals surface area contributed by atoms with Gasteiger partial charge in [0, 0.05) is 26.1 Å². The Kier molecular flexibility index (Phi) is 5.73. The fraction of sp³-hybridized carbons (Fsp3) is 0.263. The lowest BCUT2D eigenvalue weighted by Gasteiger charge is -2.18. The van der Waals surface area contributed by atoms with Gasteiger partial charge >= 0.3 is 0 Å². The van der Waals surface area contributed by atoms with E-state index in [1.54, 1.807) is 41.3 Å². The second-order valence-corrected chi connectivity index (χ2v) is 6.17.